The molecule has 2 aromatic carbocycles. The van der Waals surface area contributed by atoms with E-state index >= 15 is 0 Å². The van der Waals surface area contributed by atoms with Gasteiger partial charge in [-0.05, 0) is 6.07 Å². The second-order valence-electron chi connectivity index (χ2n) is 4.74. The number of esters is 1. The number of nitrogens with two attached hydrogens (primary N) is 1. The van der Waals surface area contributed by atoms with Crippen LogP contribution in [0, 0.1) is 0 Å². The van der Waals surface area contributed by atoms with E-state index < -0.39 is 5.97 Å². The van der Waals surface area contributed by atoms with Gasteiger partial charge in [0.25, 0.3) is 0 Å². The fourth-order valence-corrected chi connectivity index (χ4v) is 2.44. The monoisotopic (exact) mass is 281 g/mol. The van der Waals surface area contributed by atoms with Crippen LogP contribution in [0.4, 0.5) is 5.69 Å². The van der Waals surface area contributed by atoms with Crippen LogP contribution in [0.25, 0.3) is 0 Å². The summed E-state index contributed by atoms with van der Waals surface area (Å²) >= 11 is 0. The molecule has 0 aromatic heterocycles. The summed E-state index contributed by atoms with van der Waals surface area (Å²) in [5.41, 5.74) is 6.86. The number of benzene rings is 2. The van der Waals surface area contributed by atoms with Gasteiger partial charge < -0.3 is 10.5 Å². The van der Waals surface area contributed by atoms with Crippen LogP contribution in [0.15, 0.2) is 36.4 Å². The van der Waals surface area contributed by atoms with Gasteiger partial charge in [0.15, 0.2) is 11.6 Å². The average Bonchev–Trinajstić information content (AvgIpc) is 2.43. The summed E-state index contributed by atoms with van der Waals surface area (Å²) in [7, 11) is 0. The van der Waals surface area contributed by atoms with Gasteiger partial charge in [-0.2, -0.15) is 0 Å². The number of fused-ring (bicyclic) bond motifs is 2. The molecule has 2 N–H and O–H groups in total. The quantitative estimate of drug-likeness (QED) is 0.418. The zero-order valence-electron chi connectivity index (χ0n) is 11.2. The lowest BCUT2D eigenvalue weighted by molar-refractivity contribution is -0.131. The molecule has 1 aliphatic carbocycles. The largest absolute Gasteiger partial charge is 0.426 e. The number of rotatable bonds is 1. The first kappa shape index (κ1) is 13.1. The van der Waals surface area contributed by atoms with Gasteiger partial charge in [0.1, 0.15) is 5.75 Å². The highest BCUT2D eigenvalue weighted by atomic mass is 16.5. The van der Waals surface area contributed by atoms with Crippen molar-refractivity contribution in [1.82, 2.24) is 0 Å². The van der Waals surface area contributed by atoms with Gasteiger partial charge in [0, 0.05) is 35.4 Å². The lowest BCUT2D eigenvalue weighted by atomic mass is 9.83. The molecule has 0 fully saturated rings. The van der Waals surface area contributed by atoms with E-state index in [2.05, 4.69) is 0 Å². The van der Waals surface area contributed by atoms with E-state index in [0.29, 0.717) is 11.1 Å². The van der Waals surface area contributed by atoms with Crippen molar-refractivity contribution < 1.29 is 19.1 Å². The zero-order chi connectivity index (χ0) is 15.1. The number of carbonyl (C=O) groups excluding carboxylic acids is 3. The van der Waals surface area contributed by atoms with Gasteiger partial charge in [0.2, 0.25) is 0 Å². The predicted molar refractivity (Wildman–Crippen MR) is 75.5 cm³/mol. The van der Waals surface area contributed by atoms with Crippen molar-refractivity contribution in [3.63, 3.8) is 0 Å². The van der Waals surface area contributed by atoms with Gasteiger partial charge in [-0.15, -0.1) is 0 Å². The molecule has 0 saturated heterocycles. The maximum Gasteiger partial charge on any atom is 0.308 e. The van der Waals surface area contributed by atoms with Crippen molar-refractivity contribution in [3.05, 3.63) is 58.7 Å². The third kappa shape index (κ3) is 1.99. The molecule has 0 saturated carbocycles. The Kier molecular flexibility index (Phi) is 2.83. The number of anilines is 1. The molecule has 0 unspecified atom stereocenters. The number of hydrogen-bond acceptors (Lipinski definition) is 5. The maximum absolute atomic E-state index is 12.6. The summed E-state index contributed by atoms with van der Waals surface area (Å²) in [6.45, 7) is 1.22. The number of ether oxygens (including phenoxy) is 1. The molecule has 21 heavy (non-hydrogen) atoms. The van der Waals surface area contributed by atoms with Crippen molar-refractivity contribution in [3.8, 4) is 5.75 Å². The van der Waals surface area contributed by atoms with Crippen LogP contribution in [0.3, 0.4) is 0 Å². The van der Waals surface area contributed by atoms with Gasteiger partial charge in [-0.1, -0.05) is 24.3 Å². The molecule has 5 heteroatoms. The molecular formula is C16H11NO4. The Balaban J connectivity index is 2.29. The molecule has 0 bridgehead atoms. The molecule has 0 amide bonds. The Hall–Kier alpha value is -2.95. The Morgan fingerprint density at radius 3 is 2.24 bits per heavy atom. The van der Waals surface area contributed by atoms with Gasteiger partial charge in [0.05, 0.1) is 5.56 Å². The van der Waals surface area contributed by atoms with E-state index in [9.17, 15) is 14.4 Å². The minimum absolute atomic E-state index is 0.0188. The van der Waals surface area contributed by atoms with Crippen LogP contribution >= 0.6 is 0 Å². The molecule has 2 aromatic rings. The van der Waals surface area contributed by atoms with E-state index in [1.54, 1.807) is 24.3 Å². The second-order valence-corrected chi connectivity index (χ2v) is 4.74. The van der Waals surface area contributed by atoms with Crippen molar-refractivity contribution in [1.29, 1.82) is 0 Å². The van der Waals surface area contributed by atoms with Crippen molar-refractivity contribution in [2.75, 3.05) is 5.73 Å². The maximum atomic E-state index is 12.6. The summed E-state index contributed by atoms with van der Waals surface area (Å²) in [6.07, 6.45) is 0. The molecule has 3 rings (SSSR count). The normalized spacial score (nSPS) is 12.6. The smallest absolute Gasteiger partial charge is 0.308 e. The van der Waals surface area contributed by atoms with Crippen LogP contribution in [-0.4, -0.2) is 17.5 Å². The van der Waals surface area contributed by atoms with Crippen molar-refractivity contribution in [2.24, 2.45) is 0 Å². The van der Waals surface area contributed by atoms with Gasteiger partial charge in [-0.25, -0.2) is 0 Å². The summed E-state index contributed by atoms with van der Waals surface area (Å²) in [6, 6.07) is 9.34. The molecule has 0 atom stereocenters. The fourth-order valence-electron chi connectivity index (χ4n) is 2.44. The molecule has 5 nitrogen and oxygen atoms in total. The van der Waals surface area contributed by atoms with E-state index in [4.69, 9.17) is 10.5 Å². The van der Waals surface area contributed by atoms with Crippen molar-refractivity contribution >= 4 is 23.2 Å². The molecule has 0 spiro atoms. The first-order chi connectivity index (χ1) is 9.99. The Bertz CT molecular complexity index is 808. The van der Waals surface area contributed by atoms with Crippen LogP contribution in [-0.2, 0) is 4.79 Å². The third-order valence-electron chi connectivity index (χ3n) is 3.27. The third-order valence-corrected chi connectivity index (χ3v) is 3.27. The topological polar surface area (TPSA) is 86.5 Å². The van der Waals surface area contributed by atoms with Gasteiger partial charge >= 0.3 is 5.97 Å². The molecule has 0 heterocycles. The minimum atomic E-state index is -0.582. The summed E-state index contributed by atoms with van der Waals surface area (Å²) in [5.74, 6) is -1.22. The van der Waals surface area contributed by atoms with Crippen molar-refractivity contribution in [2.45, 2.75) is 6.92 Å². The fraction of sp³-hybridized carbons (Fsp3) is 0.0625. The highest BCUT2D eigenvalue weighted by molar-refractivity contribution is 6.29. The highest BCUT2D eigenvalue weighted by Crippen LogP contribution is 2.35. The molecule has 0 radical (unpaired) electrons. The van der Waals surface area contributed by atoms with E-state index in [-0.39, 0.29) is 34.1 Å². The van der Waals surface area contributed by atoms with Crippen LogP contribution < -0.4 is 10.5 Å². The zero-order valence-corrected chi connectivity index (χ0v) is 11.2. The van der Waals surface area contributed by atoms with E-state index in [0.717, 1.165) is 0 Å². The predicted octanol–water partition coefficient (Wildman–Crippen LogP) is 1.97. The number of hydrogen-bond donors (Lipinski definition) is 1. The lowest BCUT2D eigenvalue weighted by Gasteiger charge is -2.20. The van der Waals surface area contributed by atoms with Crippen LogP contribution in [0.5, 0.6) is 5.75 Å². The lowest BCUT2D eigenvalue weighted by Crippen LogP contribution is -2.22. The Labute approximate surface area is 120 Å². The number of carbonyl (C=O) groups is 3. The molecular weight excluding hydrogens is 270 g/mol. The Morgan fingerprint density at radius 2 is 1.62 bits per heavy atom. The van der Waals surface area contributed by atoms with E-state index in [1.807, 2.05) is 0 Å². The minimum Gasteiger partial charge on any atom is -0.426 e. The Morgan fingerprint density at radius 1 is 1.00 bits per heavy atom. The number of nitrogen functional groups attached to an aromatic ring is 1. The van der Waals surface area contributed by atoms with Gasteiger partial charge in [-0.3, -0.25) is 14.4 Å². The first-order valence-electron chi connectivity index (χ1n) is 6.29. The molecule has 1 aliphatic rings. The average molecular weight is 281 g/mol. The molecule has 0 aliphatic heterocycles. The summed E-state index contributed by atoms with van der Waals surface area (Å²) in [4.78, 5) is 36.3. The standard InChI is InChI=1S/C16H11NO4/c1-8(18)21-13-7-9(17)6-12-14(13)16(20)11-5-3-2-4-10(11)15(12)19/h2-7H,17H2,1H3. The SMILES string of the molecule is CC(=O)Oc1cc(N)cc2c1C(=O)c1ccccc1C2=O. The second kappa shape index (κ2) is 4.56. The number of ketones is 2. The van der Waals surface area contributed by atoms with Crippen LogP contribution in [0.1, 0.15) is 38.8 Å². The summed E-state index contributed by atoms with van der Waals surface area (Å²) in [5, 5.41) is 0. The first-order valence-corrected chi connectivity index (χ1v) is 6.29. The molecule has 104 valence electrons. The van der Waals surface area contributed by atoms with E-state index in [1.165, 1.54) is 19.1 Å². The summed E-state index contributed by atoms with van der Waals surface area (Å²) < 4.78 is 5.04. The highest BCUT2D eigenvalue weighted by Gasteiger charge is 2.32. The van der Waals surface area contributed by atoms with Crippen LogP contribution in [0.2, 0.25) is 0 Å².